The fourth-order valence-corrected chi connectivity index (χ4v) is 3.67. The Bertz CT molecular complexity index is 897. The number of nitrogens with zero attached hydrogens (tertiary/aromatic N) is 3. The van der Waals surface area contributed by atoms with Crippen LogP contribution in [0.4, 0.5) is 5.69 Å². The fraction of sp³-hybridized carbons (Fsp3) is 0.304. The summed E-state index contributed by atoms with van der Waals surface area (Å²) in [5, 5.41) is 3.00. The zero-order chi connectivity index (χ0) is 19.2. The minimum absolute atomic E-state index is 0.0668. The van der Waals surface area contributed by atoms with Crippen LogP contribution in [0, 0.1) is 0 Å². The van der Waals surface area contributed by atoms with Crippen LogP contribution >= 0.6 is 0 Å². The quantitative estimate of drug-likeness (QED) is 0.704. The molecule has 144 valence electrons. The first-order valence-electron chi connectivity index (χ1n) is 9.94. The van der Waals surface area contributed by atoms with Crippen molar-refractivity contribution in [2.75, 3.05) is 18.4 Å². The van der Waals surface area contributed by atoms with Gasteiger partial charge in [0.25, 0.3) is 5.91 Å². The van der Waals surface area contributed by atoms with Gasteiger partial charge in [0.1, 0.15) is 0 Å². The minimum atomic E-state index is -0.0668. The lowest BCUT2D eigenvalue weighted by Crippen LogP contribution is -2.29. The topological polar surface area (TPSA) is 50.2 Å². The van der Waals surface area contributed by atoms with Gasteiger partial charge in [0.15, 0.2) is 0 Å². The molecule has 0 bridgehead atoms. The van der Waals surface area contributed by atoms with Crippen molar-refractivity contribution in [3.63, 3.8) is 0 Å². The normalized spacial score (nSPS) is 14.7. The minimum Gasteiger partial charge on any atom is -0.333 e. The molecule has 1 aliphatic heterocycles. The van der Waals surface area contributed by atoms with Crippen LogP contribution in [0.15, 0.2) is 67.3 Å². The predicted octanol–water partition coefficient (Wildman–Crippen LogP) is 4.17. The Morgan fingerprint density at radius 2 is 1.79 bits per heavy atom. The van der Waals surface area contributed by atoms with E-state index in [1.54, 1.807) is 12.5 Å². The van der Waals surface area contributed by atoms with Crippen LogP contribution in [0.5, 0.6) is 0 Å². The zero-order valence-corrected chi connectivity index (χ0v) is 16.1. The van der Waals surface area contributed by atoms with Gasteiger partial charge in [0.05, 0.1) is 6.33 Å². The lowest BCUT2D eigenvalue weighted by Gasteiger charge is -2.26. The molecule has 1 amide bonds. The summed E-state index contributed by atoms with van der Waals surface area (Å²) in [5.74, 6) is -0.0668. The van der Waals surface area contributed by atoms with Gasteiger partial charge in [-0.15, -0.1) is 0 Å². The van der Waals surface area contributed by atoms with Crippen LogP contribution in [0.3, 0.4) is 0 Å². The molecule has 0 aliphatic carbocycles. The van der Waals surface area contributed by atoms with E-state index in [0.29, 0.717) is 5.56 Å². The summed E-state index contributed by atoms with van der Waals surface area (Å²) in [4.78, 5) is 19.2. The van der Waals surface area contributed by atoms with E-state index in [1.165, 1.54) is 30.4 Å². The highest BCUT2D eigenvalue weighted by Gasteiger charge is 2.12. The van der Waals surface area contributed by atoms with Crippen LogP contribution < -0.4 is 5.32 Å². The molecule has 5 nitrogen and oxygen atoms in total. The second-order valence-corrected chi connectivity index (χ2v) is 7.42. The highest BCUT2D eigenvalue weighted by atomic mass is 16.1. The molecule has 0 spiro atoms. The number of likely N-dealkylation sites (tertiary alicyclic amines) is 1. The fourth-order valence-electron chi connectivity index (χ4n) is 3.67. The maximum Gasteiger partial charge on any atom is 0.255 e. The zero-order valence-electron chi connectivity index (χ0n) is 16.1. The molecule has 3 aromatic rings. The lowest BCUT2D eigenvalue weighted by atomic mass is 10.1. The largest absolute Gasteiger partial charge is 0.333 e. The highest BCUT2D eigenvalue weighted by molar-refractivity contribution is 6.04. The Labute approximate surface area is 166 Å². The van der Waals surface area contributed by atoms with E-state index in [1.807, 2.05) is 53.2 Å². The van der Waals surface area contributed by atoms with Crippen LogP contribution in [-0.2, 0) is 13.1 Å². The molecule has 0 radical (unpaired) electrons. The van der Waals surface area contributed by atoms with Gasteiger partial charge in [0, 0.05) is 36.7 Å². The van der Waals surface area contributed by atoms with Crippen molar-refractivity contribution >= 4 is 11.6 Å². The van der Waals surface area contributed by atoms with Crippen molar-refractivity contribution in [1.29, 1.82) is 0 Å². The van der Waals surface area contributed by atoms with Crippen LogP contribution in [0.1, 0.15) is 40.7 Å². The number of benzene rings is 2. The summed E-state index contributed by atoms with van der Waals surface area (Å²) < 4.78 is 2.02. The second kappa shape index (κ2) is 8.85. The van der Waals surface area contributed by atoms with E-state index in [-0.39, 0.29) is 5.91 Å². The molecule has 4 rings (SSSR count). The molecule has 1 N–H and O–H groups in total. The first-order valence-corrected chi connectivity index (χ1v) is 9.94. The van der Waals surface area contributed by atoms with Gasteiger partial charge < -0.3 is 9.88 Å². The molecular weight excluding hydrogens is 348 g/mol. The van der Waals surface area contributed by atoms with Gasteiger partial charge in [-0.1, -0.05) is 30.7 Å². The Morgan fingerprint density at radius 3 is 2.54 bits per heavy atom. The van der Waals surface area contributed by atoms with Gasteiger partial charge in [-0.25, -0.2) is 4.98 Å². The third-order valence-electron chi connectivity index (χ3n) is 5.18. The Kier molecular flexibility index (Phi) is 5.83. The summed E-state index contributed by atoms with van der Waals surface area (Å²) in [6, 6.07) is 15.9. The number of imidazole rings is 1. The second-order valence-electron chi connectivity index (χ2n) is 7.42. The lowest BCUT2D eigenvalue weighted by molar-refractivity contribution is 0.102. The molecule has 2 heterocycles. The number of hydrogen-bond donors (Lipinski definition) is 1. The van der Waals surface area contributed by atoms with Gasteiger partial charge in [-0.2, -0.15) is 0 Å². The summed E-state index contributed by atoms with van der Waals surface area (Å²) in [7, 11) is 0. The van der Waals surface area contributed by atoms with Crippen LogP contribution in [0.2, 0.25) is 0 Å². The average molecular weight is 374 g/mol. The van der Waals surface area contributed by atoms with Crippen molar-refractivity contribution in [2.24, 2.45) is 0 Å². The van der Waals surface area contributed by atoms with E-state index in [2.05, 4.69) is 21.3 Å². The third kappa shape index (κ3) is 4.87. The smallest absolute Gasteiger partial charge is 0.255 e. The van der Waals surface area contributed by atoms with Gasteiger partial charge >= 0.3 is 0 Å². The van der Waals surface area contributed by atoms with Crippen molar-refractivity contribution in [3.05, 3.63) is 83.9 Å². The number of amides is 1. The number of rotatable bonds is 6. The van der Waals surface area contributed by atoms with Crippen LogP contribution in [0.25, 0.3) is 0 Å². The van der Waals surface area contributed by atoms with E-state index in [0.717, 1.165) is 31.9 Å². The monoisotopic (exact) mass is 374 g/mol. The molecule has 5 heteroatoms. The molecular formula is C23H26N4O. The first-order chi connectivity index (χ1) is 13.8. The maximum atomic E-state index is 12.7. The molecule has 0 unspecified atom stereocenters. The number of carbonyl (C=O) groups excluding carboxylic acids is 1. The summed E-state index contributed by atoms with van der Waals surface area (Å²) in [6.07, 6.45) is 9.39. The predicted molar refractivity (Wildman–Crippen MR) is 111 cm³/mol. The van der Waals surface area contributed by atoms with E-state index >= 15 is 0 Å². The number of aromatic nitrogens is 2. The van der Waals surface area contributed by atoms with Gasteiger partial charge in [0.2, 0.25) is 0 Å². The Balaban J connectivity index is 1.37. The standard InChI is InChI=1S/C23H26N4O/c28-23(21-6-4-5-20(15-21)17-26-12-2-1-3-13-26)25-22-9-7-19(8-10-22)16-27-14-11-24-18-27/h4-11,14-15,18H,1-3,12-13,16-17H2,(H,25,28). The number of nitrogens with one attached hydrogen (secondary N) is 1. The third-order valence-corrected chi connectivity index (χ3v) is 5.18. The summed E-state index contributed by atoms with van der Waals surface area (Å²) in [5.41, 5.74) is 3.88. The molecule has 0 atom stereocenters. The number of piperidine rings is 1. The van der Waals surface area contributed by atoms with E-state index in [4.69, 9.17) is 0 Å². The number of anilines is 1. The number of hydrogen-bond acceptors (Lipinski definition) is 3. The average Bonchev–Trinajstić information content (AvgIpc) is 3.23. The Hall–Kier alpha value is -2.92. The van der Waals surface area contributed by atoms with Crippen molar-refractivity contribution in [3.8, 4) is 0 Å². The molecule has 0 saturated carbocycles. The van der Waals surface area contributed by atoms with E-state index < -0.39 is 0 Å². The molecule has 1 saturated heterocycles. The molecule has 1 aliphatic rings. The summed E-state index contributed by atoms with van der Waals surface area (Å²) >= 11 is 0. The van der Waals surface area contributed by atoms with Crippen LogP contribution in [-0.4, -0.2) is 33.4 Å². The Morgan fingerprint density at radius 1 is 0.964 bits per heavy atom. The molecule has 28 heavy (non-hydrogen) atoms. The first kappa shape index (κ1) is 18.4. The SMILES string of the molecule is O=C(Nc1ccc(Cn2ccnc2)cc1)c1cccc(CN2CCCCC2)c1. The van der Waals surface area contributed by atoms with Crippen molar-refractivity contribution in [2.45, 2.75) is 32.4 Å². The summed E-state index contributed by atoms with van der Waals surface area (Å²) in [6.45, 7) is 4.00. The molecule has 1 aromatic heterocycles. The van der Waals surface area contributed by atoms with Gasteiger partial charge in [-0.3, -0.25) is 9.69 Å². The number of carbonyl (C=O) groups is 1. The molecule has 1 fully saturated rings. The van der Waals surface area contributed by atoms with Gasteiger partial charge in [-0.05, 0) is 61.3 Å². The van der Waals surface area contributed by atoms with E-state index in [9.17, 15) is 4.79 Å². The molecule has 2 aromatic carbocycles. The highest BCUT2D eigenvalue weighted by Crippen LogP contribution is 2.16. The van der Waals surface area contributed by atoms with Crippen molar-refractivity contribution < 1.29 is 4.79 Å². The van der Waals surface area contributed by atoms with Crippen molar-refractivity contribution in [1.82, 2.24) is 14.5 Å². The maximum absolute atomic E-state index is 12.7.